The molecule has 2 atom stereocenters. The molecule has 1 aromatic rings. The second kappa shape index (κ2) is 10.4. The zero-order valence-electron chi connectivity index (χ0n) is 18.9. The molecule has 2 saturated carbocycles. The van der Waals surface area contributed by atoms with Crippen LogP contribution in [0.2, 0.25) is 0 Å². The van der Waals surface area contributed by atoms with Crippen LogP contribution in [0.4, 0.5) is 19.8 Å². The Morgan fingerprint density at radius 1 is 1.18 bits per heavy atom. The quantitative estimate of drug-likeness (QED) is 0.352. The summed E-state index contributed by atoms with van der Waals surface area (Å²) < 4.78 is 20.6. The van der Waals surface area contributed by atoms with Gasteiger partial charge in [-0.05, 0) is 39.0 Å². The van der Waals surface area contributed by atoms with Crippen molar-refractivity contribution in [3.63, 3.8) is 0 Å². The molecule has 1 heterocycles. The van der Waals surface area contributed by atoms with Crippen LogP contribution in [0.15, 0.2) is 12.3 Å². The Labute approximate surface area is 195 Å². The maximum Gasteiger partial charge on any atom is 0.432 e. The third kappa shape index (κ3) is 5.82. The number of carbonyl (C=O) groups excluding carboxylic acids is 3. The number of aliphatic hydroxyl groups is 1. The fourth-order valence-electron chi connectivity index (χ4n) is 4.40. The third-order valence-electron chi connectivity index (χ3n) is 6.38. The first-order valence-corrected chi connectivity index (χ1v) is 11.3. The Morgan fingerprint density at radius 2 is 1.85 bits per heavy atom. The van der Waals surface area contributed by atoms with Crippen molar-refractivity contribution in [2.75, 3.05) is 11.9 Å². The Bertz CT molecular complexity index is 926. The summed E-state index contributed by atoms with van der Waals surface area (Å²) in [6.45, 7) is 1.67. The smallest absolute Gasteiger partial charge is 0.432 e. The molecule has 12 nitrogen and oxygen atoms in total. The van der Waals surface area contributed by atoms with Crippen LogP contribution in [0.1, 0.15) is 58.3 Å². The number of amides is 3. The van der Waals surface area contributed by atoms with Gasteiger partial charge in [0.2, 0.25) is 5.91 Å². The van der Waals surface area contributed by atoms with Gasteiger partial charge in [0.1, 0.15) is 11.7 Å². The first kappa shape index (κ1) is 25.4. The zero-order chi connectivity index (χ0) is 24.9. The molecule has 3 amide bonds. The van der Waals surface area contributed by atoms with Crippen molar-refractivity contribution in [1.82, 2.24) is 20.4 Å². The molecule has 2 fully saturated rings. The molecule has 34 heavy (non-hydrogen) atoms. The van der Waals surface area contributed by atoms with Gasteiger partial charge in [0.25, 0.3) is 5.91 Å². The number of carboxylic acid groups (broad SMARTS) is 1. The number of hydrogen-bond acceptors (Lipinski definition) is 7. The molecular weight excluding hydrogens is 453 g/mol. The number of aliphatic hydroxyl groups excluding tert-OH is 1. The molecule has 0 saturated heterocycles. The van der Waals surface area contributed by atoms with E-state index >= 15 is 4.39 Å². The molecule has 13 heteroatoms. The van der Waals surface area contributed by atoms with Gasteiger partial charge in [0.05, 0.1) is 12.1 Å². The van der Waals surface area contributed by atoms with E-state index in [2.05, 4.69) is 21.0 Å². The van der Waals surface area contributed by atoms with Crippen LogP contribution in [0, 0.1) is 0 Å². The molecule has 188 valence electrons. The van der Waals surface area contributed by atoms with Crippen LogP contribution in [0.3, 0.4) is 0 Å². The summed E-state index contributed by atoms with van der Waals surface area (Å²) in [5, 5.41) is 30.7. The summed E-state index contributed by atoms with van der Waals surface area (Å²) in [5.74, 6) is -1.70. The molecule has 2 aliphatic carbocycles. The maximum absolute atomic E-state index is 15.1. The fraction of sp³-hybridized carbons (Fsp3) is 0.667. The normalized spacial score (nSPS) is 19.9. The highest BCUT2D eigenvalue weighted by Gasteiger charge is 2.50. The first-order chi connectivity index (χ1) is 16.1. The molecule has 2 aliphatic rings. The lowest BCUT2D eigenvalue weighted by molar-refractivity contribution is -0.137. The predicted molar refractivity (Wildman–Crippen MR) is 116 cm³/mol. The van der Waals surface area contributed by atoms with Crippen LogP contribution in [-0.2, 0) is 14.3 Å². The van der Waals surface area contributed by atoms with Crippen LogP contribution in [0.5, 0.6) is 0 Å². The molecule has 0 bridgehead atoms. The maximum atomic E-state index is 15.1. The number of alkyl halides is 1. The number of rotatable bonds is 9. The van der Waals surface area contributed by atoms with E-state index in [-0.39, 0.29) is 44.5 Å². The van der Waals surface area contributed by atoms with Crippen LogP contribution >= 0.6 is 0 Å². The number of nitrogens with zero attached hydrogens (tertiary/aromatic N) is 2. The van der Waals surface area contributed by atoms with Crippen molar-refractivity contribution < 1.29 is 38.5 Å². The summed E-state index contributed by atoms with van der Waals surface area (Å²) in [5.41, 5.74) is -2.92. The summed E-state index contributed by atoms with van der Waals surface area (Å²) in [4.78, 5) is 48.6. The molecule has 2 unspecified atom stereocenters. The summed E-state index contributed by atoms with van der Waals surface area (Å²) in [6, 6.07) is -0.00652. The Hall–Kier alpha value is -3.22. The average Bonchev–Trinajstić information content (AvgIpc) is 3.39. The highest BCUT2D eigenvalue weighted by molar-refractivity contribution is 5.95. The Morgan fingerprint density at radius 3 is 2.38 bits per heavy atom. The van der Waals surface area contributed by atoms with Crippen molar-refractivity contribution in [2.45, 2.75) is 81.6 Å². The topological polar surface area (TPSA) is 172 Å². The number of anilines is 1. The van der Waals surface area contributed by atoms with E-state index in [0.717, 1.165) is 6.20 Å². The van der Waals surface area contributed by atoms with E-state index in [1.54, 1.807) is 6.92 Å². The minimum atomic E-state index is -1.69. The van der Waals surface area contributed by atoms with Crippen LogP contribution in [-0.4, -0.2) is 74.0 Å². The third-order valence-corrected chi connectivity index (χ3v) is 6.38. The lowest BCUT2D eigenvalue weighted by Crippen LogP contribution is -2.67. The first-order valence-electron chi connectivity index (χ1n) is 11.3. The molecule has 0 radical (unpaired) electrons. The number of ether oxygens (including phenoxy) is 1. The van der Waals surface area contributed by atoms with Crippen molar-refractivity contribution in [1.29, 1.82) is 0 Å². The number of halogens is 1. The number of carbonyl (C=O) groups is 4. The minimum Gasteiger partial charge on any atom is -0.463 e. The predicted octanol–water partition coefficient (Wildman–Crippen LogP) is 1.53. The van der Waals surface area contributed by atoms with E-state index in [0.29, 0.717) is 23.9 Å². The number of alkyl carbamates (subject to hydrolysis) is 1. The van der Waals surface area contributed by atoms with Crippen molar-refractivity contribution in [3.8, 4) is 0 Å². The molecule has 5 N–H and O–H groups in total. The lowest BCUT2D eigenvalue weighted by Gasteiger charge is -2.45. The van der Waals surface area contributed by atoms with Crippen molar-refractivity contribution >= 4 is 29.8 Å². The summed E-state index contributed by atoms with van der Waals surface area (Å²) >= 11 is 0. The van der Waals surface area contributed by atoms with E-state index < -0.39 is 47.4 Å². The molecule has 0 aromatic carbocycles. The summed E-state index contributed by atoms with van der Waals surface area (Å²) in [6.07, 6.45) is 0.0887. The fourth-order valence-corrected chi connectivity index (χ4v) is 4.40. The molecule has 0 aliphatic heterocycles. The van der Waals surface area contributed by atoms with Gasteiger partial charge < -0.3 is 30.9 Å². The Kier molecular flexibility index (Phi) is 7.75. The number of hydrogen-bond donors (Lipinski definition) is 5. The van der Waals surface area contributed by atoms with Gasteiger partial charge in [-0.2, -0.15) is 4.68 Å². The van der Waals surface area contributed by atoms with Gasteiger partial charge in [-0.25, -0.2) is 14.0 Å². The van der Waals surface area contributed by atoms with Gasteiger partial charge in [0.15, 0.2) is 11.9 Å². The highest BCUT2D eigenvalue weighted by Crippen LogP contribution is 2.38. The highest BCUT2D eigenvalue weighted by atomic mass is 19.1. The Balaban J connectivity index is 1.70. The van der Waals surface area contributed by atoms with Gasteiger partial charge >= 0.3 is 12.2 Å². The largest absolute Gasteiger partial charge is 0.463 e. The zero-order valence-corrected chi connectivity index (χ0v) is 18.9. The molecule has 0 spiro atoms. The van der Waals surface area contributed by atoms with E-state index in [1.165, 1.54) is 6.07 Å². The van der Waals surface area contributed by atoms with Crippen LogP contribution in [0.25, 0.3) is 0 Å². The number of aromatic nitrogens is 2. The minimum absolute atomic E-state index is 0.0708. The van der Waals surface area contributed by atoms with Crippen molar-refractivity contribution in [2.24, 2.45) is 0 Å². The van der Waals surface area contributed by atoms with Crippen LogP contribution < -0.4 is 16.0 Å². The number of nitrogens with one attached hydrogen (secondary N) is 3. The monoisotopic (exact) mass is 483 g/mol. The molecule has 3 rings (SSSR count). The van der Waals surface area contributed by atoms with E-state index in [1.807, 2.05) is 0 Å². The molecular formula is C21H30FN5O7. The van der Waals surface area contributed by atoms with Crippen molar-refractivity contribution in [3.05, 3.63) is 12.3 Å². The van der Waals surface area contributed by atoms with Gasteiger partial charge in [0, 0.05) is 18.7 Å². The van der Waals surface area contributed by atoms with E-state index in [9.17, 15) is 24.3 Å². The second-order valence-electron chi connectivity index (χ2n) is 8.80. The van der Waals surface area contributed by atoms with E-state index in [4.69, 9.17) is 9.84 Å². The molecule has 1 aromatic heterocycles. The standard InChI is InChI=1S/C21H30FN5O7/c1-2-34-18(31)23-13(12-20(22)7-3-4-8-20)16(29)25-21(9-5-10-21)15(28)17(30)24-14-6-11-27(26-14)19(32)33/h6,11,13,15,28H,2-5,7-10,12H2,1H3,(H,23,31)(H,25,29)(H,32,33)(H,24,26,30). The van der Waals surface area contributed by atoms with Gasteiger partial charge in [-0.1, -0.05) is 12.8 Å². The SMILES string of the molecule is CCOC(=O)NC(CC1(F)CCCC1)C(=O)NC1(C(O)C(=O)Nc2ccn(C(=O)O)n2)CCC1. The van der Waals surface area contributed by atoms with Gasteiger partial charge in [-0.3, -0.25) is 9.59 Å². The second-order valence-corrected chi connectivity index (χ2v) is 8.80. The average molecular weight is 483 g/mol. The summed E-state index contributed by atoms with van der Waals surface area (Å²) in [7, 11) is 0. The lowest BCUT2D eigenvalue weighted by atomic mass is 9.72. The van der Waals surface area contributed by atoms with Gasteiger partial charge in [-0.15, -0.1) is 5.10 Å².